The number of carbonyl (C=O) groups excluding carboxylic acids is 1. The Morgan fingerprint density at radius 2 is 1.55 bits per heavy atom. The highest BCUT2D eigenvalue weighted by Crippen LogP contribution is 2.36. The first-order valence-corrected chi connectivity index (χ1v) is 11.1. The van der Waals surface area contributed by atoms with Crippen molar-refractivity contribution in [3.8, 4) is 0 Å². The van der Waals surface area contributed by atoms with Crippen molar-refractivity contribution in [3.05, 3.63) is 93.2 Å². The molecule has 3 aromatic rings. The van der Waals surface area contributed by atoms with Gasteiger partial charge in [0.05, 0.1) is 6.61 Å². The van der Waals surface area contributed by atoms with E-state index in [1.54, 1.807) is 13.0 Å². The van der Waals surface area contributed by atoms with Crippen molar-refractivity contribution in [2.24, 2.45) is 0 Å². The fourth-order valence-corrected chi connectivity index (χ4v) is 4.69. The van der Waals surface area contributed by atoms with Gasteiger partial charge in [-0.05, 0) is 48.9 Å². The molecule has 0 radical (unpaired) electrons. The van der Waals surface area contributed by atoms with Crippen molar-refractivity contribution in [2.45, 2.75) is 38.2 Å². The zero-order valence-electron chi connectivity index (χ0n) is 17.4. The second-order valence-corrected chi connectivity index (χ2v) is 8.40. The molecule has 0 unspecified atom stereocenters. The maximum atomic E-state index is 11.8. The van der Waals surface area contributed by atoms with Crippen LogP contribution in [0.25, 0.3) is 0 Å². The van der Waals surface area contributed by atoms with Gasteiger partial charge in [-0.2, -0.15) is 0 Å². The smallest absolute Gasteiger partial charge is 0.345 e. The Balaban J connectivity index is 1.87. The van der Waals surface area contributed by atoms with Gasteiger partial charge in [-0.25, -0.2) is 4.79 Å². The maximum Gasteiger partial charge on any atom is 0.345 e. The predicted molar refractivity (Wildman–Crippen MR) is 120 cm³/mol. The van der Waals surface area contributed by atoms with E-state index in [1.165, 1.54) is 11.3 Å². The molecule has 162 valence electrons. The molecule has 6 heteroatoms. The lowest BCUT2D eigenvalue weighted by atomic mass is 9.82. The number of hydrogen-bond donors (Lipinski definition) is 2. The third-order valence-corrected chi connectivity index (χ3v) is 6.45. The number of aromatic carboxylic acids is 1. The van der Waals surface area contributed by atoms with E-state index in [9.17, 15) is 19.8 Å². The Kier molecular flexibility index (Phi) is 7.60. The second-order valence-electron chi connectivity index (χ2n) is 7.26. The lowest BCUT2D eigenvalue weighted by Crippen LogP contribution is -2.28. The summed E-state index contributed by atoms with van der Waals surface area (Å²) in [5.74, 6) is -1.29. The topological polar surface area (TPSA) is 83.8 Å². The first-order chi connectivity index (χ1) is 14.9. The highest BCUT2D eigenvalue weighted by atomic mass is 32.1. The SMILES string of the molecule is CCOC(=O)CCc1cc(C(=O)O)sc1CCC(O)(c1ccccc1)c1ccccc1. The maximum absolute atomic E-state index is 11.8. The number of carboxylic acids is 1. The molecule has 2 N–H and O–H groups in total. The van der Waals surface area contributed by atoms with Crippen LogP contribution in [-0.2, 0) is 28.0 Å². The first kappa shape index (κ1) is 22.7. The third-order valence-electron chi connectivity index (χ3n) is 5.23. The van der Waals surface area contributed by atoms with Crippen molar-refractivity contribution in [1.82, 2.24) is 0 Å². The van der Waals surface area contributed by atoms with Crippen LogP contribution in [0.2, 0.25) is 0 Å². The minimum Gasteiger partial charge on any atom is -0.477 e. The largest absolute Gasteiger partial charge is 0.477 e. The van der Waals surface area contributed by atoms with Crippen molar-refractivity contribution in [3.63, 3.8) is 0 Å². The number of ether oxygens (including phenoxy) is 1. The summed E-state index contributed by atoms with van der Waals surface area (Å²) in [7, 11) is 0. The van der Waals surface area contributed by atoms with Crippen LogP contribution in [0.1, 0.15) is 51.0 Å². The second kappa shape index (κ2) is 10.4. The van der Waals surface area contributed by atoms with Gasteiger partial charge in [0, 0.05) is 11.3 Å². The molecule has 0 bridgehead atoms. The average Bonchev–Trinajstić information content (AvgIpc) is 3.21. The Labute approximate surface area is 185 Å². The molecule has 1 heterocycles. The van der Waals surface area contributed by atoms with Crippen LogP contribution in [0.3, 0.4) is 0 Å². The quantitative estimate of drug-likeness (QED) is 0.444. The van der Waals surface area contributed by atoms with Gasteiger partial charge in [-0.3, -0.25) is 4.79 Å². The van der Waals surface area contributed by atoms with Crippen LogP contribution in [0, 0.1) is 0 Å². The molecule has 2 aromatic carbocycles. The summed E-state index contributed by atoms with van der Waals surface area (Å²) in [5, 5.41) is 21.2. The Morgan fingerprint density at radius 3 is 2.06 bits per heavy atom. The molecule has 0 saturated carbocycles. The summed E-state index contributed by atoms with van der Waals surface area (Å²) in [6.45, 7) is 2.07. The fraction of sp³-hybridized carbons (Fsp3) is 0.280. The molecule has 0 aliphatic heterocycles. The van der Waals surface area contributed by atoms with E-state index in [2.05, 4.69) is 0 Å². The normalized spacial score (nSPS) is 11.3. The fourth-order valence-electron chi connectivity index (χ4n) is 3.64. The number of aryl methyl sites for hydroxylation is 2. The number of benzene rings is 2. The van der Waals surface area contributed by atoms with Gasteiger partial charge in [0.25, 0.3) is 0 Å². The van der Waals surface area contributed by atoms with Crippen molar-refractivity contribution < 1.29 is 24.5 Å². The summed E-state index contributed by atoms with van der Waals surface area (Å²) in [5.41, 5.74) is 1.17. The van der Waals surface area contributed by atoms with Gasteiger partial charge in [0.2, 0.25) is 0 Å². The van der Waals surface area contributed by atoms with Crippen molar-refractivity contribution >= 4 is 23.3 Å². The van der Waals surface area contributed by atoms with Crippen LogP contribution < -0.4 is 0 Å². The summed E-state index contributed by atoms with van der Waals surface area (Å²) in [6, 6.07) is 20.6. The number of esters is 1. The van der Waals surface area contributed by atoms with Gasteiger partial charge in [-0.1, -0.05) is 60.7 Å². The van der Waals surface area contributed by atoms with Crippen LogP contribution in [0.4, 0.5) is 0 Å². The first-order valence-electron chi connectivity index (χ1n) is 10.3. The molecule has 0 aliphatic rings. The number of hydrogen-bond acceptors (Lipinski definition) is 5. The van der Waals surface area contributed by atoms with Gasteiger partial charge < -0.3 is 14.9 Å². The highest BCUT2D eigenvalue weighted by molar-refractivity contribution is 7.14. The third kappa shape index (κ3) is 5.60. The van der Waals surface area contributed by atoms with Gasteiger partial charge in [0.1, 0.15) is 10.5 Å². The van der Waals surface area contributed by atoms with Crippen LogP contribution in [0.15, 0.2) is 66.7 Å². The van der Waals surface area contributed by atoms with Crippen molar-refractivity contribution in [1.29, 1.82) is 0 Å². The molecule has 3 rings (SSSR count). The Hall–Kier alpha value is -2.96. The average molecular weight is 439 g/mol. The van der Waals surface area contributed by atoms with Crippen molar-refractivity contribution in [2.75, 3.05) is 6.61 Å². The molecule has 31 heavy (non-hydrogen) atoms. The molecule has 0 aliphatic carbocycles. The summed E-state index contributed by atoms with van der Waals surface area (Å²) in [4.78, 5) is 24.4. The molecular formula is C25H26O5S. The number of aliphatic hydroxyl groups is 1. The van der Waals surface area contributed by atoms with E-state index >= 15 is 0 Å². The van der Waals surface area contributed by atoms with Gasteiger partial charge in [0.15, 0.2) is 0 Å². The predicted octanol–water partition coefficient (Wildman–Crippen LogP) is 4.81. The van der Waals surface area contributed by atoms with Crippen LogP contribution >= 0.6 is 11.3 Å². The Bertz CT molecular complexity index is 971. The molecule has 0 fully saturated rings. The number of rotatable bonds is 10. The summed E-state index contributed by atoms with van der Waals surface area (Å²) >= 11 is 1.20. The van der Waals surface area contributed by atoms with Gasteiger partial charge in [-0.15, -0.1) is 11.3 Å². The van der Waals surface area contributed by atoms with E-state index in [-0.39, 0.29) is 17.3 Å². The number of carbonyl (C=O) groups is 2. The highest BCUT2D eigenvalue weighted by Gasteiger charge is 2.31. The number of thiophene rings is 1. The lowest BCUT2D eigenvalue weighted by Gasteiger charge is -2.29. The zero-order chi connectivity index (χ0) is 22.3. The van der Waals surface area contributed by atoms with E-state index in [0.717, 1.165) is 21.6 Å². The minimum atomic E-state index is -1.21. The van der Waals surface area contributed by atoms with Crippen LogP contribution in [-0.4, -0.2) is 28.8 Å². The molecule has 0 saturated heterocycles. The molecule has 0 amide bonds. The molecule has 0 spiro atoms. The molecule has 1 aromatic heterocycles. The van der Waals surface area contributed by atoms with Crippen LogP contribution in [0.5, 0.6) is 0 Å². The van der Waals surface area contributed by atoms with E-state index in [4.69, 9.17) is 4.74 Å². The zero-order valence-corrected chi connectivity index (χ0v) is 18.2. The lowest BCUT2D eigenvalue weighted by molar-refractivity contribution is -0.143. The Morgan fingerprint density at radius 1 is 0.968 bits per heavy atom. The molecule has 5 nitrogen and oxygen atoms in total. The van der Waals surface area contributed by atoms with E-state index in [1.807, 2.05) is 60.7 Å². The summed E-state index contributed by atoms with van der Waals surface area (Å²) < 4.78 is 5.00. The monoisotopic (exact) mass is 438 g/mol. The molecular weight excluding hydrogens is 412 g/mol. The summed E-state index contributed by atoms with van der Waals surface area (Å²) in [6.07, 6.45) is 1.47. The van der Waals surface area contributed by atoms with Gasteiger partial charge >= 0.3 is 11.9 Å². The van der Waals surface area contributed by atoms with E-state index in [0.29, 0.717) is 25.9 Å². The van der Waals surface area contributed by atoms with E-state index < -0.39 is 11.6 Å². The minimum absolute atomic E-state index is 0.193. The standard InChI is InChI=1S/C25H26O5S/c1-2-30-23(26)14-13-18-17-22(24(27)28)31-21(18)15-16-25(29,19-9-5-3-6-10-19)20-11-7-4-8-12-20/h3-12,17,29H,2,13-16H2,1H3,(H,27,28). The number of carboxylic acid groups (broad SMARTS) is 1. The molecule has 0 atom stereocenters.